The number of hydroxylamine groups is 2. The van der Waals surface area contributed by atoms with Gasteiger partial charge in [0.05, 0.1) is 0 Å². The van der Waals surface area contributed by atoms with Crippen LogP contribution in [0.5, 0.6) is 0 Å². The van der Waals surface area contributed by atoms with Gasteiger partial charge in [-0.05, 0) is 0 Å². The van der Waals surface area contributed by atoms with E-state index in [0.717, 1.165) is 15.9 Å². The van der Waals surface area contributed by atoms with Crippen molar-refractivity contribution in [2.24, 2.45) is 0 Å². The van der Waals surface area contributed by atoms with Crippen molar-refractivity contribution in [2.45, 2.75) is 57.7 Å². The van der Waals surface area contributed by atoms with E-state index in [9.17, 15) is 23.2 Å². The Bertz CT molecular complexity index is 1120. The third-order valence-corrected chi connectivity index (χ3v) is 12.2. The Morgan fingerprint density at radius 1 is 0.784 bits per heavy atom. The van der Waals surface area contributed by atoms with Crippen LogP contribution in [0.2, 0.25) is 0 Å². The van der Waals surface area contributed by atoms with Crippen molar-refractivity contribution >= 4 is 29.1 Å². The fourth-order valence-electron chi connectivity index (χ4n) is 5.90. The minimum atomic E-state index is -3.20. The van der Waals surface area contributed by atoms with Gasteiger partial charge in [0, 0.05) is 0 Å². The van der Waals surface area contributed by atoms with E-state index < -0.39 is 35.8 Å². The fourth-order valence-corrected chi connectivity index (χ4v) is 10.3. The first-order chi connectivity index (χ1) is 17.3. The van der Waals surface area contributed by atoms with Gasteiger partial charge in [-0.15, -0.1) is 0 Å². The van der Waals surface area contributed by atoms with Crippen LogP contribution in [0.1, 0.15) is 40.5 Å². The fraction of sp³-hybridized carbons (Fsp3) is 0.345. The molecule has 1 heterocycles. The number of halogens is 3. The van der Waals surface area contributed by atoms with Crippen molar-refractivity contribution in [1.29, 1.82) is 0 Å². The van der Waals surface area contributed by atoms with Crippen LogP contribution in [0.15, 0.2) is 72.8 Å². The summed E-state index contributed by atoms with van der Waals surface area (Å²) >= 11 is 0. The predicted molar refractivity (Wildman–Crippen MR) is 144 cm³/mol. The van der Waals surface area contributed by atoms with Gasteiger partial charge in [-0.2, -0.15) is 0 Å². The standard InChI is InChI=1S/C29H34F3N2O2P/c1-28(2)17-23(18-29(3,4)34(28)36)33-27(35)19-37(24-11-5-20(30)6-12-24,25-13-7-21(31)8-14-25)26-15-9-22(32)10-16-26/h5-16,23,36-37H,17-19H2,1-4H3,(H,33,35). The van der Waals surface area contributed by atoms with E-state index >= 15 is 0 Å². The third kappa shape index (κ3) is 5.59. The average Bonchev–Trinajstić information content (AvgIpc) is 2.82. The summed E-state index contributed by atoms with van der Waals surface area (Å²) in [5.74, 6) is -1.42. The Kier molecular flexibility index (Phi) is 7.53. The molecular weight excluding hydrogens is 496 g/mol. The van der Waals surface area contributed by atoms with E-state index in [0.29, 0.717) is 12.8 Å². The van der Waals surface area contributed by atoms with E-state index in [4.69, 9.17) is 0 Å². The van der Waals surface area contributed by atoms with Gasteiger partial charge in [-0.3, -0.25) is 0 Å². The maximum atomic E-state index is 13.9. The third-order valence-electron chi connectivity index (χ3n) is 7.44. The number of carbonyl (C=O) groups is 1. The summed E-state index contributed by atoms with van der Waals surface area (Å²) in [6, 6.07) is 17.9. The summed E-state index contributed by atoms with van der Waals surface area (Å²) in [5, 5.41) is 17.5. The Hall–Kier alpha value is -2.73. The van der Waals surface area contributed by atoms with Gasteiger partial charge in [0.25, 0.3) is 0 Å². The second-order valence-corrected chi connectivity index (χ2v) is 15.1. The zero-order valence-corrected chi connectivity index (χ0v) is 22.6. The number of rotatable bonds is 6. The average molecular weight is 531 g/mol. The second kappa shape index (κ2) is 10.2. The molecule has 0 saturated carbocycles. The quantitative estimate of drug-likeness (QED) is 0.456. The van der Waals surface area contributed by atoms with Crippen molar-refractivity contribution < 1.29 is 23.2 Å². The van der Waals surface area contributed by atoms with Gasteiger partial charge in [-0.25, -0.2) is 0 Å². The molecule has 0 aromatic heterocycles. The van der Waals surface area contributed by atoms with Crippen LogP contribution >= 0.6 is 7.26 Å². The molecule has 3 aromatic rings. The van der Waals surface area contributed by atoms with Crippen molar-refractivity contribution in [3.05, 3.63) is 90.2 Å². The Labute approximate surface area is 216 Å². The molecule has 0 spiro atoms. The van der Waals surface area contributed by atoms with Crippen LogP contribution in [0.25, 0.3) is 0 Å². The van der Waals surface area contributed by atoms with E-state index in [1.54, 1.807) is 36.4 Å². The molecule has 37 heavy (non-hydrogen) atoms. The molecule has 3 aromatic carbocycles. The Balaban J connectivity index is 1.79. The summed E-state index contributed by atoms with van der Waals surface area (Å²) in [6.07, 6.45) is 1.17. The minimum absolute atomic E-state index is 0.0656. The summed E-state index contributed by atoms with van der Waals surface area (Å²) in [6.45, 7) is 7.73. The maximum absolute atomic E-state index is 13.9. The van der Waals surface area contributed by atoms with Crippen LogP contribution in [-0.2, 0) is 4.79 Å². The summed E-state index contributed by atoms with van der Waals surface area (Å²) in [7, 11) is -3.20. The molecule has 8 heteroatoms. The first-order valence-electron chi connectivity index (χ1n) is 12.4. The van der Waals surface area contributed by atoms with Gasteiger partial charge in [0.15, 0.2) is 0 Å². The molecule has 2 N–H and O–H groups in total. The van der Waals surface area contributed by atoms with Gasteiger partial charge < -0.3 is 0 Å². The molecule has 1 amide bonds. The van der Waals surface area contributed by atoms with E-state index in [1.165, 1.54) is 41.5 Å². The SMILES string of the molecule is CC1(C)CC(NC(=O)C[PH](c2ccc(F)cc2)(c2ccc(F)cc2)c2ccc(F)cc2)CC(C)(C)N1O. The van der Waals surface area contributed by atoms with Crippen molar-refractivity contribution in [3.63, 3.8) is 0 Å². The number of nitrogens with one attached hydrogen (secondary N) is 1. The van der Waals surface area contributed by atoms with Crippen LogP contribution in [0.3, 0.4) is 0 Å². The number of nitrogens with zero attached hydrogens (tertiary/aromatic N) is 1. The first-order valence-corrected chi connectivity index (χ1v) is 14.6. The Morgan fingerprint density at radius 2 is 1.11 bits per heavy atom. The zero-order chi connectivity index (χ0) is 27.0. The molecule has 0 radical (unpaired) electrons. The molecule has 1 aliphatic heterocycles. The molecule has 1 saturated heterocycles. The number of piperidine rings is 1. The first kappa shape index (κ1) is 27.3. The van der Waals surface area contributed by atoms with Crippen LogP contribution in [-0.4, -0.2) is 39.5 Å². The number of benzene rings is 3. The van der Waals surface area contributed by atoms with E-state index in [1.807, 2.05) is 27.7 Å². The molecule has 0 aliphatic carbocycles. The second-order valence-electron chi connectivity index (χ2n) is 11.2. The van der Waals surface area contributed by atoms with E-state index in [-0.39, 0.29) is 18.1 Å². The number of amides is 1. The van der Waals surface area contributed by atoms with Crippen LogP contribution in [0.4, 0.5) is 13.2 Å². The van der Waals surface area contributed by atoms with Gasteiger partial charge >= 0.3 is 217 Å². The number of hydrogen-bond acceptors (Lipinski definition) is 3. The van der Waals surface area contributed by atoms with Crippen molar-refractivity contribution in [2.75, 3.05) is 6.16 Å². The number of carbonyl (C=O) groups excluding carboxylic acids is 1. The molecule has 1 aliphatic rings. The normalized spacial score (nSPS) is 18.4. The topological polar surface area (TPSA) is 52.6 Å². The van der Waals surface area contributed by atoms with Crippen LogP contribution in [0, 0.1) is 17.5 Å². The van der Waals surface area contributed by atoms with Crippen LogP contribution < -0.4 is 21.2 Å². The molecule has 4 nitrogen and oxygen atoms in total. The molecule has 4 rings (SSSR count). The summed E-state index contributed by atoms with van der Waals surface area (Å²) in [5.41, 5.74) is -1.09. The van der Waals surface area contributed by atoms with Gasteiger partial charge in [0.2, 0.25) is 0 Å². The predicted octanol–water partition coefficient (Wildman–Crippen LogP) is 4.66. The summed E-state index contributed by atoms with van der Waals surface area (Å²) < 4.78 is 41.8. The molecule has 198 valence electrons. The Morgan fingerprint density at radius 3 is 1.43 bits per heavy atom. The van der Waals surface area contributed by atoms with Gasteiger partial charge in [0.1, 0.15) is 0 Å². The molecular formula is C29H34F3N2O2P. The van der Waals surface area contributed by atoms with Crippen molar-refractivity contribution in [3.8, 4) is 0 Å². The summed E-state index contributed by atoms with van der Waals surface area (Å²) in [4.78, 5) is 13.8. The molecule has 0 atom stereocenters. The zero-order valence-electron chi connectivity index (χ0n) is 21.6. The molecule has 0 bridgehead atoms. The van der Waals surface area contributed by atoms with E-state index in [2.05, 4.69) is 5.32 Å². The monoisotopic (exact) mass is 530 g/mol. The van der Waals surface area contributed by atoms with Crippen molar-refractivity contribution in [1.82, 2.24) is 10.4 Å². The molecule has 1 fully saturated rings. The molecule has 0 unspecified atom stereocenters. The van der Waals surface area contributed by atoms with Gasteiger partial charge in [-0.1, -0.05) is 0 Å². The number of hydrogen-bond donors (Lipinski definition) is 2.